The molecular weight excluding hydrogens is 212 g/mol. The van der Waals surface area contributed by atoms with E-state index in [9.17, 15) is 0 Å². The molecule has 3 N–H and O–H groups in total. The van der Waals surface area contributed by atoms with Crippen molar-refractivity contribution in [2.45, 2.75) is 65.0 Å². The lowest BCUT2D eigenvalue weighted by atomic mass is 10.0. The molecule has 0 aliphatic carbocycles. The third-order valence-electron chi connectivity index (χ3n) is 3.04. The molecule has 1 aromatic rings. The molecule has 0 aliphatic heterocycles. The molecule has 0 bridgehead atoms. The van der Waals surface area contributed by atoms with E-state index in [4.69, 9.17) is 5.84 Å². The lowest BCUT2D eigenvalue weighted by molar-refractivity contribution is 0.456. The van der Waals surface area contributed by atoms with E-state index in [1.165, 1.54) is 19.3 Å². The Labute approximate surface area is 105 Å². The molecule has 0 aromatic carbocycles. The predicted molar refractivity (Wildman–Crippen MR) is 71.6 cm³/mol. The number of hydrazine groups is 1. The molecule has 1 rings (SSSR count). The van der Waals surface area contributed by atoms with Crippen molar-refractivity contribution in [1.82, 2.24) is 15.2 Å². The molecule has 0 radical (unpaired) electrons. The number of nitrogens with zero attached hydrogens (tertiary/aromatic N) is 2. The Hall–Kier alpha value is -0.870. The van der Waals surface area contributed by atoms with Crippen LogP contribution in [0.4, 0.5) is 0 Å². The zero-order valence-corrected chi connectivity index (χ0v) is 11.3. The molecule has 17 heavy (non-hydrogen) atoms. The van der Waals surface area contributed by atoms with Crippen LogP contribution in [0.15, 0.2) is 12.3 Å². The second-order valence-corrected chi connectivity index (χ2v) is 4.94. The summed E-state index contributed by atoms with van der Waals surface area (Å²) in [5.74, 6) is 5.58. The van der Waals surface area contributed by atoms with Gasteiger partial charge in [0.1, 0.15) is 0 Å². The molecule has 1 aromatic heterocycles. The zero-order chi connectivity index (χ0) is 12.7. The number of unbranched alkanes of at least 4 members (excludes halogenated alkanes) is 2. The summed E-state index contributed by atoms with van der Waals surface area (Å²) in [6, 6.07) is 2.86. The minimum absolute atomic E-state index is 0.345. The number of hydrogen-bond acceptors (Lipinski definition) is 3. The zero-order valence-electron chi connectivity index (χ0n) is 11.3. The van der Waals surface area contributed by atoms with Crippen LogP contribution in [0.2, 0.25) is 0 Å². The van der Waals surface area contributed by atoms with Gasteiger partial charge in [0, 0.05) is 24.7 Å². The van der Waals surface area contributed by atoms with E-state index in [0.29, 0.717) is 12.1 Å². The SMILES string of the molecule is CCCCCC(Cc1ccn(C(C)C)n1)NN. The van der Waals surface area contributed by atoms with Gasteiger partial charge < -0.3 is 0 Å². The van der Waals surface area contributed by atoms with Gasteiger partial charge in [-0.25, -0.2) is 0 Å². The lowest BCUT2D eigenvalue weighted by Crippen LogP contribution is -2.36. The molecule has 0 saturated heterocycles. The Morgan fingerprint density at radius 2 is 2.18 bits per heavy atom. The van der Waals surface area contributed by atoms with Gasteiger partial charge in [-0.05, 0) is 26.3 Å². The van der Waals surface area contributed by atoms with E-state index in [2.05, 4.69) is 37.4 Å². The first-order valence-corrected chi connectivity index (χ1v) is 6.67. The highest BCUT2D eigenvalue weighted by Crippen LogP contribution is 2.10. The smallest absolute Gasteiger partial charge is 0.0640 e. The van der Waals surface area contributed by atoms with Crippen LogP contribution in [-0.4, -0.2) is 15.8 Å². The highest BCUT2D eigenvalue weighted by molar-refractivity contribution is 5.01. The van der Waals surface area contributed by atoms with Crippen molar-refractivity contribution in [1.29, 1.82) is 0 Å². The van der Waals surface area contributed by atoms with Gasteiger partial charge in [0.2, 0.25) is 0 Å². The second kappa shape index (κ2) is 7.45. The molecule has 0 spiro atoms. The normalized spacial score (nSPS) is 13.2. The topological polar surface area (TPSA) is 55.9 Å². The van der Waals surface area contributed by atoms with Gasteiger partial charge in [0.15, 0.2) is 0 Å². The van der Waals surface area contributed by atoms with Crippen molar-refractivity contribution >= 4 is 0 Å². The van der Waals surface area contributed by atoms with Gasteiger partial charge in [0.05, 0.1) is 5.69 Å². The maximum atomic E-state index is 5.58. The van der Waals surface area contributed by atoms with Crippen molar-refractivity contribution in [3.05, 3.63) is 18.0 Å². The Bertz CT molecular complexity index is 306. The number of nitrogens with one attached hydrogen (secondary N) is 1. The monoisotopic (exact) mass is 238 g/mol. The fourth-order valence-corrected chi connectivity index (χ4v) is 1.91. The Kier molecular flexibility index (Phi) is 6.22. The van der Waals surface area contributed by atoms with Crippen LogP contribution in [0, 0.1) is 0 Å². The summed E-state index contributed by atoms with van der Waals surface area (Å²) < 4.78 is 1.99. The second-order valence-electron chi connectivity index (χ2n) is 4.94. The average Bonchev–Trinajstić information content (AvgIpc) is 2.76. The molecule has 0 aliphatic rings. The van der Waals surface area contributed by atoms with Gasteiger partial charge in [-0.15, -0.1) is 0 Å². The maximum Gasteiger partial charge on any atom is 0.0640 e. The lowest BCUT2D eigenvalue weighted by Gasteiger charge is -2.14. The summed E-state index contributed by atoms with van der Waals surface area (Å²) in [5, 5.41) is 4.55. The summed E-state index contributed by atoms with van der Waals surface area (Å²) in [5.41, 5.74) is 4.02. The van der Waals surface area contributed by atoms with E-state index in [-0.39, 0.29) is 0 Å². The first-order chi connectivity index (χ1) is 8.17. The predicted octanol–water partition coefficient (Wildman–Crippen LogP) is 2.42. The standard InChI is InChI=1S/C13H26N4/c1-4-5-6-7-12(15-14)10-13-8-9-17(16-13)11(2)3/h8-9,11-12,15H,4-7,10,14H2,1-3H3. The Morgan fingerprint density at radius 1 is 1.41 bits per heavy atom. The average molecular weight is 238 g/mol. The molecule has 98 valence electrons. The van der Waals surface area contributed by atoms with Crippen molar-refractivity contribution < 1.29 is 0 Å². The minimum atomic E-state index is 0.345. The van der Waals surface area contributed by atoms with Crippen LogP contribution >= 0.6 is 0 Å². The van der Waals surface area contributed by atoms with Crippen LogP contribution < -0.4 is 11.3 Å². The molecule has 1 atom stereocenters. The molecule has 4 heteroatoms. The van der Waals surface area contributed by atoms with Gasteiger partial charge in [0.25, 0.3) is 0 Å². The molecule has 4 nitrogen and oxygen atoms in total. The summed E-state index contributed by atoms with van der Waals surface area (Å²) >= 11 is 0. The summed E-state index contributed by atoms with van der Waals surface area (Å²) in [4.78, 5) is 0. The summed E-state index contributed by atoms with van der Waals surface area (Å²) in [7, 11) is 0. The van der Waals surface area contributed by atoms with E-state index < -0.39 is 0 Å². The van der Waals surface area contributed by atoms with E-state index in [1.54, 1.807) is 0 Å². The quantitative estimate of drug-likeness (QED) is 0.415. The molecule has 0 amide bonds. The van der Waals surface area contributed by atoms with Crippen LogP contribution in [0.1, 0.15) is 58.2 Å². The first-order valence-electron chi connectivity index (χ1n) is 6.67. The maximum absolute atomic E-state index is 5.58. The summed E-state index contributed by atoms with van der Waals surface area (Å²) in [6.45, 7) is 6.49. The largest absolute Gasteiger partial charge is 0.271 e. The summed E-state index contributed by atoms with van der Waals surface area (Å²) in [6.07, 6.45) is 7.84. The van der Waals surface area contributed by atoms with E-state index in [1.807, 2.05) is 10.9 Å². The van der Waals surface area contributed by atoms with E-state index >= 15 is 0 Å². The Balaban J connectivity index is 2.43. The van der Waals surface area contributed by atoms with E-state index in [0.717, 1.165) is 18.5 Å². The van der Waals surface area contributed by atoms with Crippen LogP contribution in [-0.2, 0) is 6.42 Å². The molecule has 1 unspecified atom stereocenters. The van der Waals surface area contributed by atoms with Gasteiger partial charge >= 0.3 is 0 Å². The van der Waals surface area contributed by atoms with Crippen molar-refractivity contribution in [3.63, 3.8) is 0 Å². The number of nitrogens with two attached hydrogens (primary N) is 1. The van der Waals surface area contributed by atoms with Crippen LogP contribution in [0.3, 0.4) is 0 Å². The number of hydrogen-bond donors (Lipinski definition) is 2. The molecular formula is C13H26N4. The highest BCUT2D eigenvalue weighted by Gasteiger charge is 2.10. The fourth-order valence-electron chi connectivity index (χ4n) is 1.91. The fraction of sp³-hybridized carbons (Fsp3) is 0.769. The third kappa shape index (κ3) is 4.88. The van der Waals surface area contributed by atoms with Crippen molar-refractivity contribution in [3.8, 4) is 0 Å². The van der Waals surface area contributed by atoms with Crippen molar-refractivity contribution in [2.24, 2.45) is 5.84 Å². The molecule has 0 fully saturated rings. The Morgan fingerprint density at radius 3 is 2.71 bits per heavy atom. The molecule has 1 heterocycles. The number of aromatic nitrogens is 2. The van der Waals surface area contributed by atoms with Gasteiger partial charge in [-0.3, -0.25) is 16.0 Å². The highest BCUT2D eigenvalue weighted by atomic mass is 15.3. The van der Waals surface area contributed by atoms with Gasteiger partial charge in [-0.1, -0.05) is 26.2 Å². The third-order valence-corrected chi connectivity index (χ3v) is 3.04. The van der Waals surface area contributed by atoms with Crippen molar-refractivity contribution in [2.75, 3.05) is 0 Å². The van der Waals surface area contributed by atoms with Gasteiger partial charge in [-0.2, -0.15) is 5.10 Å². The molecule has 0 saturated carbocycles. The first kappa shape index (κ1) is 14.2. The minimum Gasteiger partial charge on any atom is -0.271 e. The number of rotatable bonds is 8. The van der Waals surface area contributed by atoms with Crippen LogP contribution in [0.5, 0.6) is 0 Å². The van der Waals surface area contributed by atoms with Crippen LogP contribution in [0.25, 0.3) is 0 Å².